The second-order valence-electron chi connectivity index (χ2n) is 4.18. The van der Waals surface area contributed by atoms with E-state index in [2.05, 4.69) is 32.5 Å². The molecular weight excluding hydrogens is 359 g/mol. The molecule has 0 radical (unpaired) electrons. The number of likely N-dealkylation sites (tertiary alicyclic amines) is 1. The SMILES string of the molecule is CCc1nc(CNC(=NC)N2CCCC2)cs1.I. The molecular formula is C12H21IN4S. The van der Waals surface area contributed by atoms with E-state index in [-0.39, 0.29) is 24.0 Å². The van der Waals surface area contributed by atoms with Gasteiger partial charge in [-0.05, 0) is 19.3 Å². The molecule has 0 amide bonds. The number of thiazole rings is 1. The lowest BCUT2D eigenvalue weighted by molar-refractivity contribution is 0.493. The molecule has 6 heteroatoms. The van der Waals surface area contributed by atoms with Crippen LogP contribution in [0.4, 0.5) is 0 Å². The Bertz CT molecular complexity index is 385. The van der Waals surface area contributed by atoms with Gasteiger partial charge in [-0.15, -0.1) is 35.3 Å². The fourth-order valence-corrected chi connectivity index (χ4v) is 2.77. The van der Waals surface area contributed by atoms with Crippen molar-refractivity contribution >= 4 is 41.3 Å². The normalized spacial score (nSPS) is 15.7. The minimum absolute atomic E-state index is 0. The van der Waals surface area contributed by atoms with Crippen LogP contribution in [0.25, 0.3) is 0 Å². The summed E-state index contributed by atoms with van der Waals surface area (Å²) in [5, 5.41) is 6.72. The largest absolute Gasteiger partial charge is 0.351 e. The van der Waals surface area contributed by atoms with E-state index < -0.39 is 0 Å². The number of nitrogens with zero attached hydrogens (tertiary/aromatic N) is 3. The summed E-state index contributed by atoms with van der Waals surface area (Å²) >= 11 is 1.74. The van der Waals surface area contributed by atoms with Gasteiger partial charge in [0.05, 0.1) is 17.2 Å². The standard InChI is InChI=1S/C12H20N4S.HI/c1-3-11-15-10(9-17-11)8-14-12(13-2)16-6-4-5-7-16;/h9H,3-8H2,1-2H3,(H,13,14);1H. The number of aliphatic imine (C=N–C) groups is 1. The van der Waals surface area contributed by atoms with Gasteiger partial charge in [0, 0.05) is 25.5 Å². The van der Waals surface area contributed by atoms with Crippen molar-refractivity contribution in [2.24, 2.45) is 4.99 Å². The van der Waals surface area contributed by atoms with Crippen molar-refractivity contribution in [3.63, 3.8) is 0 Å². The molecule has 102 valence electrons. The van der Waals surface area contributed by atoms with E-state index in [1.54, 1.807) is 11.3 Å². The summed E-state index contributed by atoms with van der Waals surface area (Å²) < 4.78 is 0. The molecule has 2 heterocycles. The third-order valence-corrected chi connectivity index (χ3v) is 3.99. The van der Waals surface area contributed by atoms with Gasteiger partial charge in [0.1, 0.15) is 0 Å². The van der Waals surface area contributed by atoms with Crippen molar-refractivity contribution in [2.45, 2.75) is 32.7 Å². The lowest BCUT2D eigenvalue weighted by atomic mass is 10.4. The molecule has 1 saturated heterocycles. The van der Waals surface area contributed by atoms with Crippen molar-refractivity contribution < 1.29 is 0 Å². The average molecular weight is 380 g/mol. The number of nitrogens with one attached hydrogen (secondary N) is 1. The Hall–Kier alpha value is -0.370. The van der Waals surface area contributed by atoms with Crippen LogP contribution in [0.5, 0.6) is 0 Å². The lowest BCUT2D eigenvalue weighted by Crippen LogP contribution is -2.39. The van der Waals surface area contributed by atoms with E-state index in [9.17, 15) is 0 Å². The smallest absolute Gasteiger partial charge is 0.193 e. The second-order valence-corrected chi connectivity index (χ2v) is 5.12. The molecule has 0 aromatic carbocycles. The van der Waals surface area contributed by atoms with Gasteiger partial charge >= 0.3 is 0 Å². The number of hydrogen-bond acceptors (Lipinski definition) is 3. The number of aryl methyl sites for hydroxylation is 1. The summed E-state index contributed by atoms with van der Waals surface area (Å²) in [6.45, 7) is 5.16. The molecule has 0 bridgehead atoms. The predicted octanol–water partition coefficient (Wildman–Crippen LogP) is 2.49. The summed E-state index contributed by atoms with van der Waals surface area (Å²) in [5.74, 6) is 1.01. The maximum absolute atomic E-state index is 4.54. The Morgan fingerprint density at radius 2 is 2.22 bits per heavy atom. The quantitative estimate of drug-likeness (QED) is 0.498. The highest BCUT2D eigenvalue weighted by Crippen LogP contribution is 2.11. The van der Waals surface area contributed by atoms with E-state index in [0.29, 0.717) is 0 Å². The first kappa shape index (κ1) is 15.7. The van der Waals surface area contributed by atoms with E-state index in [0.717, 1.165) is 37.7 Å². The highest BCUT2D eigenvalue weighted by molar-refractivity contribution is 14.0. The monoisotopic (exact) mass is 380 g/mol. The number of rotatable bonds is 3. The molecule has 1 aromatic heterocycles. The zero-order valence-electron chi connectivity index (χ0n) is 11.0. The first-order valence-electron chi connectivity index (χ1n) is 6.22. The van der Waals surface area contributed by atoms with Crippen molar-refractivity contribution in [1.29, 1.82) is 0 Å². The summed E-state index contributed by atoms with van der Waals surface area (Å²) in [7, 11) is 1.85. The van der Waals surface area contributed by atoms with E-state index >= 15 is 0 Å². The van der Waals surface area contributed by atoms with E-state index in [1.165, 1.54) is 17.8 Å². The number of hydrogen-bond donors (Lipinski definition) is 1. The molecule has 1 aliphatic heterocycles. The topological polar surface area (TPSA) is 40.5 Å². The van der Waals surface area contributed by atoms with Crippen molar-refractivity contribution in [3.05, 3.63) is 16.1 Å². The van der Waals surface area contributed by atoms with Crippen LogP contribution in [0.15, 0.2) is 10.4 Å². The average Bonchev–Trinajstić information content (AvgIpc) is 3.00. The lowest BCUT2D eigenvalue weighted by Gasteiger charge is -2.20. The molecule has 18 heavy (non-hydrogen) atoms. The zero-order chi connectivity index (χ0) is 12.1. The van der Waals surface area contributed by atoms with Gasteiger partial charge < -0.3 is 10.2 Å². The Morgan fingerprint density at radius 3 is 2.78 bits per heavy atom. The van der Waals surface area contributed by atoms with Crippen molar-refractivity contribution in [2.75, 3.05) is 20.1 Å². The Morgan fingerprint density at radius 1 is 1.50 bits per heavy atom. The number of guanidine groups is 1. The molecule has 0 unspecified atom stereocenters. The highest BCUT2D eigenvalue weighted by atomic mass is 127. The number of halogens is 1. The van der Waals surface area contributed by atoms with Crippen LogP contribution in [0.2, 0.25) is 0 Å². The molecule has 4 nitrogen and oxygen atoms in total. The zero-order valence-corrected chi connectivity index (χ0v) is 14.1. The molecule has 2 rings (SSSR count). The van der Waals surface area contributed by atoms with Crippen LogP contribution in [0.1, 0.15) is 30.5 Å². The summed E-state index contributed by atoms with van der Waals surface area (Å²) in [5.41, 5.74) is 1.12. The first-order chi connectivity index (χ1) is 8.33. The van der Waals surface area contributed by atoms with Crippen LogP contribution in [-0.4, -0.2) is 36.0 Å². The molecule has 0 spiro atoms. The Labute approximate surface area is 130 Å². The van der Waals surface area contributed by atoms with Gasteiger partial charge in [0.15, 0.2) is 5.96 Å². The molecule has 0 saturated carbocycles. The van der Waals surface area contributed by atoms with Crippen LogP contribution < -0.4 is 5.32 Å². The fraction of sp³-hybridized carbons (Fsp3) is 0.667. The maximum atomic E-state index is 4.54. The molecule has 1 aliphatic rings. The van der Waals surface area contributed by atoms with E-state index in [1.807, 2.05) is 7.05 Å². The van der Waals surface area contributed by atoms with Gasteiger partial charge in [-0.3, -0.25) is 4.99 Å². The molecule has 1 N–H and O–H groups in total. The van der Waals surface area contributed by atoms with Crippen LogP contribution in [0, 0.1) is 0 Å². The van der Waals surface area contributed by atoms with Crippen LogP contribution in [-0.2, 0) is 13.0 Å². The summed E-state index contributed by atoms with van der Waals surface area (Å²) in [6.07, 6.45) is 3.57. The molecule has 1 aromatic rings. The van der Waals surface area contributed by atoms with Gasteiger partial charge in [-0.25, -0.2) is 4.98 Å². The van der Waals surface area contributed by atoms with Crippen LogP contribution in [0.3, 0.4) is 0 Å². The molecule has 1 fully saturated rings. The third-order valence-electron chi connectivity index (χ3n) is 2.95. The maximum Gasteiger partial charge on any atom is 0.193 e. The minimum Gasteiger partial charge on any atom is -0.351 e. The highest BCUT2D eigenvalue weighted by Gasteiger charge is 2.15. The van der Waals surface area contributed by atoms with Gasteiger partial charge in [0.25, 0.3) is 0 Å². The number of aromatic nitrogens is 1. The summed E-state index contributed by atoms with van der Waals surface area (Å²) in [6, 6.07) is 0. The minimum atomic E-state index is 0. The second kappa shape index (κ2) is 7.93. The third kappa shape index (κ3) is 4.08. The molecule has 0 aliphatic carbocycles. The Kier molecular flexibility index (Phi) is 6.91. The molecule has 0 atom stereocenters. The first-order valence-corrected chi connectivity index (χ1v) is 7.10. The van der Waals surface area contributed by atoms with Crippen LogP contribution >= 0.6 is 35.3 Å². The van der Waals surface area contributed by atoms with Crippen molar-refractivity contribution in [3.8, 4) is 0 Å². The Balaban J connectivity index is 0.00000162. The van der Waals surface area contributed by atoms with Gasteiger partial charge in [0.2, 0.25) is 0 Å². The predicted molar refractivity (Wildman–Crippen MR) is 87.9 cm³/mol. The summed E-state index contributed by atoms with van der Waals surface area (Å²) in [4.78, 5) is 11.2. The van der Waals surface area contributed by atoms with Gasteiger partial charge in [-0.1, -0.05) is 6.92 Å². The van der Waals surface area contributed by atoms with E-state index in [4.69, 9.17) is 0 Å². The van der Waals surface area contributed by atoms with Crippen molar-refractivity contribution in [1.82, 2.24) is 15.2 Å². The van der Waals surface area contributed by atoms with Gasteiger partial charge in [-0.2, -0.15) is 0 Å². The fourth-order valence-electron chi connectivity index (χ4n) is 2.02.